The summed E-state index contributed by atoms with van der Waals surface area (Å²) in [7, 11) is 2.11. The highest BCUT2D eigenvalue weighted by Gasteiger charge is 2.19. The van der Waals surface area contributed by atoms with Crippen LogP contribution in [0.25, 0.3) is 0 Å². The van der Waals surface area contributed by atoms with Crippen LogP contribution in [0, 0.1) is 6.92 Å². The highest BCUT2D eigenvalue weighted by atomic mass is 32.2. The maximum Gasteiger partial charge on any atom is 0.323 e. The monoisotopic (exact) mass is 516 g/mol. The van der Waals surface area contributed by atoms with Crippen LogP contribution in [0.5, 0.6) is 0 Å². The molecule has 1 aliphatic heterocycles. The van der Waals surface area contributed by atoms with Gasteiger partial charge in [-0.25, -0.2) is 4.79 Å². The molecule has 0 bridgehead atoms. The number of rotatable bonds is 7. The van der Waals surface area contributed by atoms with Gasteiger partial charge in [-0.3, -0.25) is 5.10 Å². The zero-order valence-corrected chi connectivity index (χ0v) is 21.4. The molecule has 0 aliphatic carbocycles. The first kappa shape index (κ1) is 24.5. The minimum atomic E-state index is -0.301. The number of aromatic amines is 1. The fourth-order valence-corrected chi connectivity index (χ4v) is 4.46. The van der Waals surface area contributed by atoms with E-state index in [1.54, 1.807) is 0 Å². The van der Waals surface area contributed by atoms with Gasteiger partial charge in [0.2, 0.25) is 11.9 Å². The SMILES string of the molecule is Cc1cc(Nc2nc(Sc3ccc(NC(=O)Nc4ccccc4)cc3)nc(N3CCN(C)CC3)n2)n[nH]1. The third-order valence-electron chi connectivity index (χ3n) is 5.69. The Bertz CT molecular complexity index is 1340. The maximum atomic E-state index is 12.3. The molecule has 12 heteroatoms. The normalized spacial score (nSPS) is 13.8. The molecule has 2 aromatic carbocycles. The molecule has 0 spiro atoms. The summed E-state index contributed by atoms with van der Waals surface area (Å²) in [6.07, 6.45) is 0. The lowest BCUT2D eigenvalue weighted by atomic mass is 10.3. The van der Waals surface area contributed by atoms with Gasteiger partial charge in [-0.2, -0.15) is 20.1 Å². The molecule has 11 nitrogen and oxygen atoms in total. The number of hydrogen-bond acceptors (Lipinski definition) is 9. The second-order valence-corrected chi connectivity index (χ2v) is 9.71. The standard InChI is InChI=1S/C25H28N10OS/c1-17-16-21(33-32-17)28-22-29-23(35-14-12-34(2)13-15-35)31-25(30-22)37-20-10-8-19(9-11-20)27-24(36)26-18-6-4-3-5-7-18/h3-11,16H,12-15H2,1-2H3,(H2,26,27,36)(H2,28,29,30,31,32,33). The number of anilines is 5. The summed E-state index contributed by atoms with van der Waals surface area (Å²) in [5.41, 5.74) is 2.35. The number of carbonyl (C=O) groups excluding carboxylic acids is 1. The van der Waals surface area contributed by atoms with Gasteiger partial charge in [0.25, 0.3) is 0 Å². The van der Waals surface area contributed by atoms with E-state index < -0.39 is 0 Å². The van der Waals surface area contributed by atoms with E-state index in [0.717, 1.165) is 42.5 Å². The first-order chi connectivity index (χ1) is 18.0. The van der Waals surface area contributed by atoms with Crippen molar-refractivity contribution >= 4 is 46.9 Å². The first-order valence-corrected chi connectivity index (χ1v) is 12.7. The summed E-state index contributed by atoms with van der Waals surface area (Å²) >= 11 is 1.43. The molecular weight excluding hydrogens is 488 g/mol. The number of likely N-dealkylation sites (N-methyl/N-ethyl adjacent to an activating group) is 1. The van der Waals surface area contributed by atoms with Crippen molar-refractivity contribution in [1.82, 2.24) is 30.0 Å². The van der Waals surface area contributed by atoms with Crippen molar-refractivity contribution in [3.8, 4) is 0 Å². The van der Waals surface area contributed by atoms with E-state index in [4.69, 9.17) is 4.98 Å². The number of nitrogens with one attached hydrogen (secondary N) is 4. The van der Waals surface area contributed by atoms with Gasteiger partial charge in [-0.05, 0) is 62.1 Å². The molecule has 2 amide bonds. The lowest BCUT2D eigenvalue weighted by molar-refractivity contribution is 0.262. The Kier molecular flexibility index (Phi) is 7.47. The number of aromatic nitrogens is 5. The minimum Gasteiger partial charge on any atom is -0.338 e. The van der Waals surface area contributed by atoms with Crippen molar-refractivity contribution in [3.63, 3.8) is 0 Å². The highest BCUT2D eigenvalue weighted by Crippen LogP contribution is 2.28. The summed E-state index contributed by atoms with van der Waals surface area (Å²) in [6.45, 7) is 5.52. The Labute approximate surface area is 219 Å². The molecule has 190 valence electrons. The van der Waals surface area contributed by atoms with Crippen molar-refractivity contribution < 1.29 is 4.79 Å². The van der Waals surface area contributed by atoms with Gasteiger partial charge < -0.3 is 25.8 Å². The Hall–Kier alpha value is -4.16. The summed E-state index contributed by atoms with van der Waals surface area (Å²) < 4.78 is 0. The van der Waals surface area contributed by atoms with Gasteiger partial charge in [0.1, 0.15) is 0 Å². The molecule has 0 unspecified atom stereocenters. The predicted molar refractivity (Wildman–Crippen MR) is 146 cm³/mol. The van der Waals surface area contributed by atoms with Crippen LogP contribution in [0.1, 0.15) is 5.69 Å². The largest absolute Gasteiger partial charge is 0.338 e. The van der Waals surface area contributed by atoms with Crippen molar-refractivity contribution in [3.05, 3.63) is 66.4 Å². The number of hydrogen-bond donors (Lipinski definition) is 4. The number of H-pyrrole nitrogens is 1. The number of piperazine rings is 1. The Morgan fingerprint density at radius 2 is 1.62 bits per heavy atom. The lowest BCUT2D eigenvalue weighted by Crippen LogP contribution is -2.45. The van der Waals surface area contributed by atoms with Gasteiger partial charge in [0, 0.05) is 54.2 Å². The van der Waals surface area contributed by atoms with Gasteiger partial charge in [-0.1, -0.05) is 18.2 Å². The summed E-state index contributed by atoms with van der Waals surface area (Å²) in [4.78, 5) is 31.7. The van der Waals surface area contributed by atoms with Crippen LogP contribution in [0.3, 0.4) is 0 Å². The Morgan fingerprint density at radius 3 is 2.30 bits per heavy atom. The van der Waals surface area contributed by atoms with Gasteiger partial charge in [0.05, 0.1) is 0 Å². The number of nitrogens with zero attached hydrogens (tertiary/aromatic N) is 6. The number of para-hydroxylation sites is 1. The molecular formula is C25H28N10OS. The summed E-state index contributed by atoms with van der Waals surface area (Å²) in [5, 5.41) is 16.6. The van der Waals surface area contributed by atoms with Gasteiger partial charge in [-0.15, -0.1) is 0 Å². The lowest BCUT2D eigenvalue weighted by Gasteiger charge is -2.32. The molecule has 2 aromatic heterocycles. The maximum absolute atomic E-state index is 12.3. The fraction of sp³-hybridized carbons (Fsp3) is 0.240. The molecule has 4 aromatic rings. The number of urea groups is 1. The van der Waals surface area contributed by atoms with Crippen molar-refractivity contribution in [2.24, 2.45) is 0 Å². The molecule has 3 heterocycles. The third kappa shape index (κ3) is 6.74. The topological polar surface area (TPSA) is 127 Å². The molecule has 37 heavy (non-hydrogen) atoms. The summed E-state index contributed by atoms with van der Waals surface area (Å²) in [5.74, 6) is 1.72. The number of benzene rings is 2. The second-order valence-electron chi connectivity index (χ2n) is 8.66. The average Bonchev–Trinajstić information content (AvgIpc) is 3.30. The van der Waals surface area contributed by atoms with E-state index in [2.05, 4.69) is 53.0 Å². The second kappa shape index (κ2) is 11.3. The molecule has 0 atom stereocenters. The predicted octanol–water partition coefficient (Wildman–Crippen LogP) is 4.19. The van der Waals surface area contributed by atoms with Gasteiger partial charge >= 0.3 is 6.03 Å². The number of amides is 2. The van der Waals surface area contributed by atoms with Crippen LogP contribution >= 0.6 is 11.8 Å². The molecule has 1 saturated heterocycles. The molecule has 1 aliphatic rings. The van der Waals surface area contributed by atoms with Crippen molar-refractivity contribution in [2.45, 2.75) is 17.0 Å². The van der Waals surface area contributed by atoms with Crippen molar-refractivity contribution in [2.75, 3.05) is 54.1 Å². The number of aryl methyl sites for hydroxylation is 1. The van der Waals surface area contributed by atoms with Crippen LogP contribution in [-0.4, -0.2) is 69.3 Å². The summed E-state index contributed by atoms with van der Waals surface area (Å²) in [6, 6.07) is 18.4. The van der Waals surface area contributed by atoms with E-state index in [9.17, 15) is 4.79 Å². The Morgan fingerprint density at radius 1 is 0.919 bits per heavy atom. The minimum absolute atomic E-state index is 0.301. The molecule has 1 fully saturated rings. The molecule has 5 rings (SSSR count). The van der Waals surface area contributed by atoms with E-state index in [-0.39, 0.29) is 6.03 Å². The van der Waals surface area contributed by atoms with Crippen LogP contribution in [0.15, 0.2) is 70.7 Å². The van der Waals surface area contributed by atoms with E-state index in [1.807, 2.05) is 67.6 Å². The van der Waals surface area contributed by atoms with Crippen LogP contribution in [-0.2, 0) is 0 Å². The van der Waals surface area contributed by atoms with E-state index in [0.29, 0.717) is 28.6 Å². The highest BCUT2D eigenvalue weighted by molar-refractivity contribution is 7.99. The molecule has 4 N–H and O–H groups in total. The Balaban J connectivity index is 1.29. The average molecular weight is 517 g/mol. The van der Waals surface area contributed by atoms with Crippen LogP contribution in [0.4, 0.5) is 33.9 Å². The third-order valence-corrected chi connectivity index (χ3v) is 6.56. The van der Waals surface area contributed by atoms with E-state index >= 15 is 0 Å². The zero-order valence-electron chi connectivity index (χ0n) is 20.6. The van der Waals surface area contributed by atoms with E-state index in [1.165, 1.54) is 11.8 Å². The van der Waals surface area contributed by atoms with Crippen molar-refractivity contribution in [1.29, 1.82) is 0 Å². The first-order valence-electron chi connectivity index (χ1n) is 11.9. The van der Waals surface area contributed by atoms with Crippen LogP contribution in [0.2, 0.25) is 0 Å². The van der Waals surface area contributed by atoms with Crippen LogP contribution < -0.4 is 20.9 Å². The molecule has 0 saturated carbocycles. The zero-order chi connectivity index (χ0) is 25.6. The molecule has 0 radical (unpaired) electrons. The fourth-order valence-electron chi connectivity index (χ4n) is 3.72. The number of carbonyl (C=O) groups is 1. The smallest absolute Gasteiger partial charge is 0.323 e. The quantitative estimate of drug-likeness (QED) is 0.286. The van der Waals surface area contributed by atoms with Gasteiger partial charge in [0.15, 0.2) is 11.0 Å².